The maximum atomic E-state index is 14.5. The molecule has 1 atom stereocenters. The predicted octanol–water partition coefficient (Wildman–Crippen LogP) is 6.06. The average Bonchev–Trinajstić information content (AvgIpc) is 3.32. The van der Waals surface area contributed by atoms with Gasteiger partial charge in [-0.25, -0.2) is 18.5 Å². The van der Waals surface area contributed by atoms with Crippen molar-refractivity contribution in [1.82, 2.24) is 9.13 Å². The first-order valence-electron chi connectivity index (χ1n) is 14.0. The van der Waals surface area contributed by atoms with Gasteiger partial charge in [-0.3, -0.25) is 9.36 Å². The maximum absolute atomic E-state index is 14.5. The van der Waals surface area contributed by atoms with Crippen LogP contribution in [0.25, 0.3) is 10.2 Å². The number of methoxy groups -OCH3 is 1. The highest BCUT2D eigenvalue weighted by Crippen LogP contribution is 2.33. The zero-order valence-corrected chi connectivity index (χ0v) is 26.2. The molecule has 0 saturated heterocycles. The van der Waals surface area contributed by atoms with Gasteiger partial charge in [-0.15, -0.1) is 11.3 Å². The number of benzene rings is 2. The van der Waals surface area contributed by atoms with Crippen LogP contribution >= 0.6 is 11.3 Å². The highest BCUT2D eigenvalue weighted by molar-refractivity contribution is 7.18. The smallest absolute Gasteiger partial charge is 0.333 e. The third-order valence-corrected chi connectivity index (χ3v) is 8.78. The first kappa shape index (κ1) is 31.9. The topological polar surface area (TPSA) is 88.8 Å². The van der Waals surface area contributed by atoms with Gasteiger partial charge in [0.15, 0.2) is 0 Å². The molecule has 2 heterocycles. The van der Waals surface area contributed by atoms with Gasteiger partial charge >= 0.3 is 11.7 Å². The van der Waals surface area contributed by atoms with Gasteiger partial charge in [-0.2, -0.15) is 0 Å². The van der Waals surface area contributed by atoms with Crippen molar-refractivity contribution in [3.05, 3.63) is 109 Å². The number of aryl methyl sites for hydroxylation is 2. The fourth-order valence-corrected chi connectivity index (χ4v) is 6.22. The van der Waals surface area contributed by atoms with Crippen molar-refractivity contribution in [2.24, 2.45) is 0 Å². The Morgan fingerprint density at radius 2 is 1.84 bits per heavy atom. The molecule has 0 saturated carbocycles. The summed E-state index contributed by atoms with van der Waals surface area (Å²) < 4.78 is 34.1. The van der Waals surface area contributed by atoms with Crippen molar-refractivity contribution in [2.75, 3.05) is 13.7 Å². The molecule has 0 aliphatic heterocycles. The summed E-state index contributed by atoms with van der Waals surface area (Å²) in [4.78, 5) is 43.2. The molecular weight excluding hydrogens is 571 g/mol. The molecule has 4 rings (SSSR count). The fourth-order valence-electron chi connectivity index (χ4n) is 4.98. The molecule has 8 nitrogen and oxygen atoms in total. The molecule has 4 aromatic rings. The second-order valence-electron chi connectivity index (χ2n) is 11.0. The van der Waals surface area contributed by atoms with Crippen LogP contribution in [0.3, 0.4) is 0 Å². The highest BCUT2D eigenvalue weighted by atomic mass is 32.1. The molecule has 2 aromatic heterocycles. The predicted molar refractivity (Wildman–Crippen MR) is 166 cm³/mol. The van der Waals surface area contributed by atoms with Crippen LogP contribution in [0.4, 0.5) is 4.39 Å². The van der Waals surface area contributed by atoms with E-state index in [4.69, 9.17) is 14.2 Å². The molecule has 2 aromatic carbocycles. The lowest BCUT2D eigenvalue weighted by atomic mass is 10.0. The Morgan fingerprint density at radius 3 is 2.47 bits per heavy atom. The maximum Gasteiger partial charge on any atom is 0.333 e. The summed E-state index contributed by atoms with van der Waals surface area (Å²) in [5, 5.41) is 0.343. The van der Waals surface area contributed by atoms with Gasteiger partial charge in [0, 0.05) is 10.4 Å². The van der Waals surface area contributed by atoms with Gasteiger partial charge < -0.3 is 14.2 Å². The van der Waals surface area contributed by atoms with Gasteiger partial charge in [-0.05, 0) is 63.4 Å². The number of rotatable bonds is 12. The molecule has 0 fully saturated rings. The fraction of sp³-hybridized carbons (Fsp3) is 0.364. The van der Waals surface area contributed by atoms with E-state index in [1.807, 2.05) is 44.2 Å². The van der Waals surface area contributed by atoms with Crippen LogP contribution in [-0.2, 0) is 39.4 Å². The molecule has 228 valence electrons. The van der Waals surface area contributed by atoms with Gasteiger partial charge in [0.2, 0.25) is 0 Å². The Bertz CT molecular complexity index is 1770. The van der Waals surface area contributed by atoms with Crippen molar-refractivity contribution in [1.29, 1.82) is 0 Å². The molecule has 43 heavy (non-hydrogen) atoms. The van der Waals surface area contributed by atoms with Crippen LogP contribution in [0.15, 0.2) is 70.3 Å². The Kier molecular flexibility index (Phi) is 9.72. The van der Waals surface area contributed by atoms with E-state index in [1.54, 1.807) is 6.92 Å². The van der Waals surface area contributed by atoms with E-state index in [0.29, 0.717) is 28.0 Å². The first-order valence-corrected chi connectivity index (χ1v) is 14.8. The lowest BCUT2D eigenvalue weighted by molar-refractivity contribution is -0.154. The average molecular weight is 609 g/mol. The SMILES string of the molecule is C=C(C)CO[C@@H](Cn1c(=O)n(C(C)(C)C(=O)OCc2ccccc2)c(=O)c2c(C)c(CC)sc21)c1cc(F)ccc1OC. The number of carbonyl (C=O) groups is 1. The van der Waals surface area contributed by atoms with Gasteiger partial charge in [0.25, 0.3) is 5.56 Å². The van der Waals surface area contributed by atoms with Crippen molar-refractivity contribution >= 4 is 27.5 Å². The van der Waals surface area contributed by atoms with Crippen LogP contribution < -0.4 is 16.0 Å². The van der Waals surface area contributed by atoms with Crippen LogP contribution in [0.2, 0.25) is 0 Å². The Labute approximate surface area is 254 Å². The third-order valence-electron chi connectivity index (χ3n) is 7.32. The van der Waals surface area contributed by atoms with Crippen molar-refractivity contribution in [2.45, 2.75) is 65.8 Å². The highest BCUT2D eigenvalue weighted by Gasteiger charge is 2.37. The number of hydrogen-bond donors (Lipinski definition) is 0. The molecule has 0 unspecified atom stereocenters. The van der Waals surface area contributed by atoms with E-state index in [-0.39, 0.29) is 19.8 Å². The number of esters is 1. The molecule has 0 amide bonds. The van der Waals surface area contributed by atoms with Crippen molar-refractivity contribution < 1.29 is 23.4 Å². The summed E-state index contributed by atoms with van der Waals surface area (Å²) in [5.41, 5.74) is -0.292. The van der Waals surface area contributed by atoms with E-state index in [1.165, 1.54) is 55.1 Å². The minimum atomic E-state index is -1.65. The quantitative estimate of drug-likeness (QED) is 0.144. The standard InChI is InChI=1S/C33H37FN2O6S/c1-8-27-21(4)28-29(37)36(33(5,6)31(38)42-19-22-12-10-9-11-13-22)32(39)35(30(28)43-27)17-26(41-18-20(2)3)24-16-23(34)14-15-25(24)40-7/h9-16,26H,2,8,17-19H2,1,3-7H3/t26-/m0/s1. The van der Waals surface area contributed by atoms with E-state index in [0.717, 1.165) is 26.1 Å². The van der Waals surface area contributed by atoms with Crippen LogP contribution in [0, 0.1) is 12.7 Å². The number of nitrogens with zero attached hydrogens (tertiary/aromatic N) is 2. The van der Waals surface area contributed by atoms with E-state index in [2.05, 4.69) is 6.58 Å². The Balaban J connectivity index is 1.90. The molecule has 0 radical (unpaired) electrons. The number of carbonyl (C=O) groups excluding carboxylic acids is 1. The number of thiophene rings is 1. The molecular formula is C33H37FN2O6S. The summed E-state index contributed by atoms with van der Waals surface area (Å²) in [5.74, 6) is -0.844. The Morgan fingerprint density at radius 1 is 1.14 bits per heavy atom. The number of halogens is 1. The van der Waals surface area contributed by atoms with E-state index in [9.17, 15) is 18.8 Å². The third kappa shape index (κ3) is 6.50. The van der Waals surface area contributed by atoms with Crippen LogP contribution in [-0.4, -0.2) is 28.8 Å². The lowest BCUT2D eigenvalue weighted by Crippen LogP contribution is -2.53. The van der Waals surface area contributed by atoms with Crippen molar-refractivity contribution in [3.63, 3.8) is 0 Å². The summed E-state index contributed by atoms with van der Waals surface area (Å²) in [6.45, 7) is 12.5. The molecule has 0 aliphatic rings. The minimum absolute atomic E-state index is 0.0120. The number of hydrogen-bond acceptors (Lipinski definition) is 7. The summed E-state index contributed by atoms with van der Waals surface area (Å²) >= 11 is 1.34. The van der Waals surface area contributed by atoms with Crippen LogP contribution in [0.5, 0.6) is 5.75 Å². The number of aromatic nitrogens is 2. The monoisotopic (exact) mass is 608 g/mol. The summed E-state index contributed by atoms with van der Waals surface area (Å²) in [6.07, 6.45) is -0.205. The normalized spacial score (nSPS) is 12.3. The summed E-state index contributed by atoms with van der Waals surface area (Å²) in [6, 6.07) is 13.2. The molecule has 0 N–H and O–H groups in total. The number of ether oxygens (including phenoxy) is 3. The molecule has 0 aliphatic carbocycles. The second-order valence-corrected chi connectivity index (χ2v) is 12.1. The largest absolute Gasteiger partial charge is 0.496 e. The van der Waals surface area contributed by atoms with E-state index < -0.39 is 34.7 Å². The van der Waals surface area contributed by atoms with E-state index >= 15 is 0 Å². The minimum Gasteiger partial charge on any atom is -0.496 e. The summed E-state index contributed by atoms with van der Waals surface area (Å²) in [7, 11) is 1.47. The molecule has 0 bridgehead atoms. The zero-order valence-electron chi connectivity index (χ0n) is 25.4. The first-order chi connectivity index (χ1) is 20.4. The van der Waals surface area contributed by atoms with Gasteiger partial charge in [-0.1, -0.05) is 49.4 Å². The molecule has 10 heteroatoms. The lowest BCUT2D eigenvalue weighted by Gasteiger charge is -2.27. The van der Waals surface area contributed by atoms with Crippen LogP contribution in [0.1, 0.15) is 55.4 Å². The van der Waals surface area contributed by atoms with Crippen molar-refractivity contribution in [3.8, 4) is 5.75 Å². The number of fused-ring (bicyclic) bond motifs is 1. The second kappa shape index (κ2) is 13.1. The Hall–Kier alpha value is -4.02. The molecule has 0 spiro atoms. The zero-order chi connectivity index (χ0) is 31.5. The van der Waals surface area contributed by atoms with Gasteiger partial charge in [0.05, 0.1) is 25.6 Å². The van der Waals surface area contributed by atoms with Gasteiger partial charge in [0.1, 0.15) is 34.6 Å².